The van der Waals surface area contributed by atoms with Gasteiger partial charge in [0.15, 0.2) is 0 Å². The number of hydrogen-bond acceptors (Lipinski definition) is 5. The highest BCUT2D eigenvalue weighted by Crippen LogP contribution is 2.29. The zero-order valence-corrected chi connectivity index (χ0v) is 16.1. The molecule has 0 atom stereocenters. The van der Waals surface area contributed by atoms with Crippen molar-refractivity contribution in [3.8, 4) is 0 Å². The molecule has 0 saturated carbocycles. The van der Waals surface area contributed by atoms with Crippen molar-refractivity contribution in [1.82, 2.24) is 14.5 Å². The number of amides is 1. The number of carbonyl (C=O) groups excluding carboxylic acids is 2. The molecule has 0 fully saturated rings. The topological polar surface area (TPSA) is 94.1 Å². The molecule has 7 nitrogen and oxygen atoms in total. The van der Waals surface area contributed by atoms with Crippen LogP contribution in [0.15, 0.2) is 36.5 Å². The highest BCUT2D eigenvalue weighted by atomic mass is 16.2. The van der Waals surface area contributed by atoms with Gasteiger partial charge in [0, 0.05) is 19.3 Å². The third-order valence-corrected chi connectivity index (χ3v) is 5.08. The van der Waals surface area contributed by atoms with Crippen LogP contribution in [0.3, 0.4) is 0 Å². The van der Waals surface area contributed by atoms with Crippen molar-refractivity contribution < 1.29 is 9.59 Å². The minimum Gasteiger partial charge on any atom is -0.326 e. The number of benzene rings is 1. The Balaban J connectivity index is 1.76. The second kappa shape index (κ2) is 7.16. The number of anilines is 1. The Bertz CT molecular complexity index is 1070. The average Bonchev–Trinajstić information content (AvgIpc) is 3.16. The lowest BCUT2D eigenvalue weighted by Crippen LogP contribution is -2.31. The van der Waals surface area contributed by atoms with Crippen molar-refractivity contribution in [3.05, 3.63) is 53.5 Å². The van der Waals surface area contributed by atoms with Gasteiger partial charge in [-0.3, -0.25) is 14.5 Å². The molecule has 144 valence electrons. The van der Waals surface area contributed by atoms with E-state index in [0.717, 1.165) is 35.4 Å². The van der Waals surface area contributed by atoms with E-state index in [1.165, 1.54) is 4.90 Å². The second-order valence-corrected chi connectivity index (χ2v) is 7.48. The number of nitrogens with two attached hydrogens (primary N) is 1. The standard InChI is InChI=1S/C21H23N5O2/c1-13(2)7-9-25-17-6-5-14(11-22)10-16(17)24-18(25)12-26-20-15(4-3-8-23-20)19(27)21(26)28/h3-6,8,10,13H,7,9,11-12,22H2,1-2H3. The lowest BCUT2D eigenvalue weighted by atomic mass is 10.1. The molecule has 2 aromatic heterocycles. The number of pyridine rings is 1. The van der Waals surface area contributed by atoms with E-state index in [2.05, 4.69) is 23.4 Å². The molecule has 4 rings (SSSR count). The molecule has 28 heavy (non-hydrogen) atoms. The van der Waals surface area contributed by atoms with Crippen molar-refractivity contribution in [2.45, 2.75) is 39.9 Å². The molecule has 1 aliphatic heterocycles. The van der Waals surface area contributed by atoms with Gasteiger partial charge in [0.2, 0.25) is 0 Å². The fraction of sp³-hybridized carbons (Fsp3) is 0.333. The zero-order valence-electron chi connectivity index (χ0n) is 16.1. The van der Waals surface area contributed by atoms with Gasteiger partial charge < -0.3 is 10.3 Å². The van der Waals surface area contributed by atoms with Crippen LogP contribution < -0.4 is 10.6 Å². The van der Waals surface area contributed by atoms with Crippen LogP contribution in [0, 0.1) is 5.92 Å². The van der Waals surface area contributed by atoms with Crippen molar-refractivity contribution in [1.29, 1.82) is 0 Å². The highest BCUT2D eigenvalue weighted by molar-refractivity contribution is 6.51. The van der Waals surface area contributed by atoms with E-state index in [-0.39, 0.29) is 6.54 Å². The maximum Gasteiger partial charge on any atom is 0.301 e. The molecule has 1 aliphatic rings. The van der Waals surface area contributed by atoms with Crippen molar-refractivity contribution in [3.63, 3.8) is 0 Å². The van der Waals surface area contributed by atoms with Gasteiger partial charge in [-0.15, -0.1) is 0 Å². The van der Waals surface area contributed by atoms with E-state index < -0.39 is 11.7 Å². The summed E-state index contributed by atoms with van der Waals surface area (Å²) in [5.41, 5.74) is 8.98. The van der Waals surface area contributed by atoms with Crippen LogP contribution in [0.4, 0.5) is 5.82 Å². The Morgan fingerprint density at radius 1 is 1.18 bits per heavy atom. The van der Waals surface area contributed by atoms with Crippen LogP contribution in [0.1, 0.15) is 42.0 Å². The lowest BCUT2D eigenvalue weighted by molar-refractivity contribution is -0.114. The van der Waals surface area contributed by atoms with Crippen LogP contribution in [-0.2, 0) is 24.4 Å². The number of hydrogen-bond donors (Lipinski definition) is 1. The van der Waals surface area contributed by atoms with Crippen LogP contribution >= 0.6 is 0 Å². The van der Waals surface area contributed by atoms with E-state index >= 15 is 0 Å². The summed E-state index contributed by atoms with van der Waals surface area (Å²) >= 11 is 0. The normalized spacial score (nSPS) is 13.8. The summed E-state index contributed by atoms with van der Waals surface area (Å²) in [7, 11) is 0. The highest BCUT2D eigenvalue weighted by Gasteiger charge is 2.37. The van der Waals surface area contributed by atoms with E-state index in [1.807, 2.05) is 18.2 Å². The smallest absolute Gasteiger partial charge is 0.301 e. The summed E-state index contributed by atoms with van der Waals surface area (Å²) in [6, 6.07) is 9.31. The van der Waals surface area contributed by atoms with Gasteiger partial charge in [-0.2, -0.15) is 0 Å². The lowest BCUT2D eigenvalue weighted by Gasteiger charge is -2.17. The van der Waals surface area contributed by atoms with Gasteiger partial charge >= 0.3 is 5.91 Å². The van der Waals surface area contributed by atoms with Gasteiger partial charge in [-0.05, 0) is 42.2 Å². The van der Waals surface area contributed by atoms with E-state index in [4.69, 9.17) is 10.7 Å². The van der Waals surface area contributed by atoms with Crippen molar-refractivity contribution in [2.75, 3.05) is 4.90 Å². The van der Waals surface area contributed by atoms with Crippen molar-refractivity contribution >= 4 is 28.5 Å². The summed E-state index contributed by atoms with van der Waals surface area (Å²) < 4.78 is 2.13. The van der Waals surface area contributed by atoms with Crippen LogP contribution in [0.5, 0.6) is 0 Å². The molecule has 0 saturated heterocycles. The fourth-order valence-corrected chi connectivity index (χ4v) is 3.52. The Morgan fingerprint density at radius 3 is 2.75 bits per heavy atom. The van der Waals surface area contributed by atoms with Gasteiger partial charge in [0.05, 0.1) is 23.1 Å². The van der Waals surface area contributed by atoms with E-state index in [9.17, 15) is 9.59 Å². The predicted octanol–water partition coefficient (Wildman–Crippen LogP) is 2.67. The first-order valence-electron chi connectivity index (χ1n) is 9.49. The number of carbonyl (C=O) groups is 2. The number of ketones is 1. The fourth-order valence-electron chi connectivity index (χ4n) is 3.52. The number of nitrogens with zero attached hydrogens (tertiary/aromatic N) is 4. The number of fused-ring (bicyclic) bond motifs is 2. The van der Waals surface area contributed by atoms with Crippen molar-refractivity contribution in [2.24, 2.45) is 11.7 Å². The summed E-state index contributed by atoms with van der Waals surface area (Å²) in [4.78, 5) is 35.3. The molecular weight excluding hydrogens is 354 g/mol. The molecule has 7 heteroatoms. The third kappa shape index (κ3) is 3.07. The predicted molar refractivity (Wildman–Crippen MR) is 107 cm³/mol. The number of aryl methyl sites for hydroxylation is 1. The van der Waals surface area contributed by atoms with Crippen LogP contribution in [0.2, 0.25) is 0 Å². The minimum atomic E-state index is -0.557. The summed E-state index contributed by atoms with van der Waals surface area (Å²) in [6.07, 6.45) is 2.58. The number of aromatic nitrogens is 3. The molecule has 0 unspecified atom stereocenters. The first-order valence-corrected chi connectivity index (χ1v) is 9.49. The largest absolute Gasteiger partial charge is 0.326 e. The van der Waals surface area contributed by atoms with Gasteiger partial charge in [-0.25, -0.2) is 9.97 Å². The molecular formula is C21H23N5O2. The molecule has 3 aromatic rings. The summed E-state index contributed by atoms with van der Waals surface area (Å²) in [5, 5.41) is 0. The average molecular weight is 377 g/mol. The second-order valence-electron chi connectivity index (χ2n) is 7.48. The van der Waals surface area contributed by atoms with Gasteiger partial charge in [0.25, 0.3) is 5.78 Å². The molecule has 2 N–H and O–H groups in total. The summed E-state index contributed by atoms with van der Waals surface area (Å²) in [5.74, 6) is 0.607. The third-order valence-electron chi connectivity index (χ3n) is 5.08. The van der Waals surface area contributed by atoms with E-state index in [0.29, 0.717) is 23.8 Å². The maximum absolute atomic E-state index is 12.5. The Kier molecular flexibility index (Phi) is 4.68. The molecule has 3 heterocycles. The Hall–Kier alpha value is -3.06. The quantitative estimate of drug-likeness (QED) is 0.667. The molecule has 0 bridgehead atoms. The van der Waals surface area contributed by atoms with Gasteiger partial charge in [0.1, 0.15) is 11.6 Å². The van der Waals surface area contributed by atoms with Crippen LogP contribution in [0.25, 0.3) is 11.0 Å². The van der Waals surface area contributed by atoms with Gasteiger partial charge in [-0.1, -0.05) is 19.9 Å². The first kappa shape index (κ1) is 18.3. The monoisotopic (exact) mass is 377 g/mol. The number of imidazole rings is 1. The number of Topliss-reactive ketones (excluding diaryl/α,β-unsaturated/α-hetero) is 1. The SMILES string of the molecule is CC(C)CCn1c(CN2C(=O)C(=O)c3cccnc32)nc2cc(CN)ccc21. The molecule has 0 radical (unpaired) electrons. The molecule has 1 amide bonds. The Morgan fingerprint density at radius 2 is 2.00 bits per heavy atom. The summed E-state index contributed by atoms with van der Waals surface area (Å²) in [6.45, 7) is 5.79. The van der Waals surface area contributed by atoms with E-state index in [1.54, 1.807) is 18.3 Å². The molecule has 0 spiro atoms. The minimum absolute atomic E-state index is 0.208. The zero-order chi connectivity index (χ0) is 19.8. The Labute approximate surface area is 163 Å². The maximum atomic E-state index is 12.5. The van der Waals surface area contributed by atoms with Crippen LogP contribution in [-0.4, -0.2) is 26.2 Å². The first-order chi connectivity index (χ1) is 13.5. The molecule has 0 aliphatic carbocycles. The number of rotatable bonds is 6. The molecule has 1 aromatic carbocycles.